The van der Waals surface area contributed by atoms with E-state index < -0.39 is 30.0 Å². The third kappa shape index (κ3) is 2.71. The van der Waals surface area contributed by atoms with Gasteiger partial charge in [-0.3, -0.25) is 4.79 Å². The van der Waals surface area contributed by atoms with Gasteiger partial charge in [0.15, 0.2) is 5.41 Å². The number of rotatable bonds is 3. The number of carboxylic acids is 1. The van der Waals surface area contributed by atoms with Gasteiger partial charge in [-0.2, -0.15) is 13.2 Å². The van der Waals surface area contributed by atoms with Crippen molar-refractivity contribution < 1.29 is 27.9 Å². The van der Waals surface area contributed by atoms with Crippen LogP contribution in [0.3, 0.4) is 0 Å². The van der Waals surface area contributed by atoms with Crippen molar-refractivity contribution >= 4 is 17.6 Å². The van der Waals surface area contributed by atoms with Crippen LogP contribution in [-0.2, 0) is 4.79 Å². The predicted molar refractivity (Wildman–Crippen MR) is 68.0 cm³/mol. The first-order chi connectivity index (χ1) is 9.78. The minimum atomic E-state index is -4.71. The number of amides is 1. The van der Waals surface area contributed by atoms with Gasteiger partial charge in [0.25, 0.3) is 0 Å². The van der Waals surface area contributed by atoms with Gasteiger partial charge < -0.3 is 15.7 Å². The zero-order valence-corrected chi connectivity index (χ0v) is 10.8. The highest BCUT2D eigenvalue weighted by Gasteiger charge is 2.61. The maximum absolute atomic E-state index is 13.2. The van der Waals surface area contributed by atoms with E-state index in [0.717, 1.165) is 0 Å². The number of benzene rings is 1. The summed E-state index contributed by atoms with van der Waals surface area (Å²) < 4.78 is 39.6. The second-order valence-electron chi connectivity index (χ2n) is 4.81. The van der Waals surface area contributed by atoms with E-state index in [1.165, 1.54) is 24.3 Å². The quantitative estimate of drug-likeness (QED) is 0.796. The van der Waals surface area contributed by atoms with Gasteiger partial charge in [-0.05, 0) is 25.1 Å². The third-order valence-corrected chi connectivity index (χ3v) is 3.54. The molecule has 114 valence electrons. The van der Waals surface area contributed by atoms with Gasteiger partial charge in [0.2, 0.25) is 5.91 Å². The van der Waals surface area contributed by atoms with Crippen LogP contribution < -0.4 is 10.6 Å². The van der Waals surface area contributed by atoms with E-state index in [2.05, 4.69) is 10.6 Å². The molecule has 1 aromatic carbocycles. The van der Waals surface area contributed by atoms with Gasteiger partial charge >= 0.3 is 12.1 Å². The summed E-state index contributed by atoms with van der Waals surface area (Å²) in [6, 6.07) is 5.34. The molecule has 1 aliphatic heterocycles. The van der Waals surface area contributed by atoms with Crippen LogP contribution in [0, 0.1) is 5.41 Å². The molecular weight excluding hydrogens is 289 g/mol. The lowest BCUT2D eigenvalue weighted by molar-refractivity contribution is -0.213. The van der Waals surface area contributed by atoms with Crippen molar-refractivity contribution in [2.75, 3.05) is 18.4 Å². The molecule has 0 bridgehead atoms. The maximum atomic E-state index is 13.2. The van der Waals surface area contributed by atoms with Crippen LogP contribution in [0.5, 0.6) is 0 Å². The average Bonchev–Trinajstić information content (AvgIpc) is 2.89. The number of aromatic carboxylic acids is 1. The Morgan fingerprint density at radius 1 is 1.29 bits per heavy atom. The van der Waals surface area contributed by atoms with Gasteiger partial charge in [-0.25, -0.2) is 4.79 Å². The van der Waals surface area contributed by atoms with Crippen molar-refractivity contribution in [3.63, 3.8) is 0 Å². The molecule has 0 spiro atoms. The summed E-state index contributed by atoms with van der Waals surface area (Å²) in [4.78, 5) is 23.1. The normalized spacial score (nSPS) is 22.0. The fraction of sp³-hybridized carbons (Fsp3) is 0.385. The summed E-state index contributed by atoms with van der Waals surface area (Å²) in [7, 11) is 0. The lowest BCUT2D eigenvalue weighted by Crippen LogP contribution is -2.49. The molecule has 0 aliphatic carbocycles. The molecule has 0 saturated carbocycles. The molecule has 0 aromatic heterocycles. The molecule has 21 heavy (non-hydrogen) atoms. The molecule has 1 saturated heterocycles. The molecule has 2 rings (SSSR count). The molecule has 8 heteroatoms. The number of anilines is 1. The summed E-state index contributed by atoms with van der Waals surface area (Å²) in [5.41, 5.74) is -2.93. The van der Waals surface area contributed by atoms with Crippen LogP contribution in [-0.4, -0.2) is 36.2 Å². The summed E-state index contributed by atoms with van der Waals surface area (Å²) in [6.07, 6.45) is -5.09. The summed E-state index contributed by atoms with van der Waals surface area (Å²) in [6.45, 7) is -0.439. The van der Waals surface area contributed by atoms with E-state index in [0.29, 0.717) is 0 Å². The molecule has 1 atom stereocenters. The molecule has 1 heterocycles. The van der Waals surface area contributed by atoms with Crippen LogP contribution in [0.1, 0.15) is 16.8 Å². The summed E-state index contributed by atoms with van der Waals surface area (Å²) in [5.74, 6) is -2.56. The highest BCUT2D eigenvalue weighted by Crippen LogP contribution is 2.43. The molecule has 1 fully saturated rings. The van der Waals surface area contributed by atoms with Crippen molar-refractivity contribution in [3.8, 4) is 0 Å². The van der Waals surface area contributed by atoms with E-state index >= 15 is 0 Å². The fourth-order valence-electron chi connectivity index (χ4n) is 2.28. The Morgan fingerprint density at radius 2 is 1.95 bits per heavy atom. The third-order valence-electron chi connectivity index (χ3n) is 3.54. The zero-order chi connectivity index (χ0) is 15.7. The van der Waals surface area contributed by atoms with Crippen molar-refractivity contribution in [2.24, 2.45) is 5.41 Å². The van der Waals surface area contributed by atoms with Gasteiger partial charge in [0.1, 0.15) is 0 Å². The smallest absolute Gasteiger partial charge is 0.404 e. The monoisotopic (exact) mass is 302 g/mol. The highest BCUT2D eigenvalue weighted by molar-refractivity contribution is 6.02. The largest absolute Gasteiger partial charge is 0.478 e. The van der Waals surface area contributed by atoms with Crippen LogP contribution in [0.2, 0.25) is 0 Å². The second kappa shape index (κ2) is 5.36. The van der Waals surface area contributed by atoms with E-state index in [4.69, 9.17) is 5.11 Å². The average molecular weight is 302 g/mol. The number of carboxylic acid groups (broad SMARTS) is 1. The molecular formula is C13H13F3N2O3. The molecule has 1 amide bonds. The van der Waals surface area contributed by atoms with Crippen LogP contribution in [0.25, 0.3) is 0 Å². The first-order valence-corrected chi connectivity index (χ1v) is 6.19. The van der Waals surface area contributed by atoms with Crippen molar-refractivity contribution in [3.05, 3.63) is 29.8 Å². The van der Waals surface area contributed by atoms with E-state index in [1.54, 1.807) is 0 Å². The van der Waals surface area contributed by atoms with E-state index in [-0.39, 0.29) is 24.2 Å². The molecule has 1 aliphatic rings. The fourth-order valence-corrected chi connectivity index (χ4v) is 2.28. The topological polar surface area (TPSA) is 78.4 Å². The number of carbonyl (C=O) groups excluding carboxylic acids is 1. The van der Waals surface area contributed by atoms with Gasteiger partial charge in [-0.1, -0.05) is 12.1 Å². The lowest BCUT2D eigenvalue weighted by atomic mass is 9.85. The summed E-state index contributed by atoms with van der Waals surface area (Å²) in [5, 5.41) is 13.6. The van der Waals surface area contributed by atoms with Crippen LogP contribution >= 0.6 is 0 Å². The standard InChI is InChI=1S/C13H13F3N2O3/c14-13(15,16)12(5-6-17-7-12)11(21)18-9-4-2-1-3-8(9)10(19)20/h1-4,17H,5-7H2,(H,18,21)(H,19,20). The Kier molecular flexibility index (Phi) is 3.91. The summed E-state index contributed by atoms with van der Waals surface area (Å²) >= 11 is 0. The number of nitrogens with one attached hydrogen (secondary N) is 2. The van der Waals surface area contributed by atoms with Gasteiger partial charge in [0, 0.05) is 6.54 Å². The number of halogens is 3. The Balaban J connectivity index is 2.31. The number of hydrogen-bond acceptors (Lipinski definition) is 3. The SMILES string of the molecule is O=C(O)c1ccccc1NC(=O)C1(C(F)(F)F)CCNC1. The van der Waals surface area contributed by atoms with Crippen LogP contribution in [0.15, 0.2) is 24.3 Å². The number of hydrogen-bond donors (Lipinski definition) is 3. The Morgan fingerprint density at radius 3 is 2.48 bits per heavy atom. The maximum Gasteiger partial charge on any atom is 0.404 e. The highest BCUT2D eigenvalue weighted by atomic mass is 19.4. The first-order valence-electron chi connectivity index (χ1n) is 6.19. The van der Waals surface area contributed by atoms with E-state index in [9.17, 15) is 22.8 Å². The van der Waals surface area contributed by atoms with Crippen molar-refractivity contribution in [2.45, 2.75) is 12.6 Å². The number of carbonyl (C=O) groups is 2. The minimum Gasteiger partial charge on any atom is -0.478 e. The molecule has 1 unspecified atom stereocenters. The number of alkyl halides is 3. The second-order valence-corrected chi connectivity index (χ2v) is 4.81. The first kappa shape index (κ1) is 15.3. The minimum absolute atomic E-state index is 0.0769. The lowest BCUT2D eigenvalue weighted by Gasteiger charge is -2.29. The van der Waals surface area contributed by atoms with Crippen molar-refractivity contribution in [1.82, 2.24) is 5.32 Å². The zero-order valence-electron chi connectivity index (χ0n) is 10.8. The Labute approximate surface area is 118 Å². The van der Waals surface area contributed by atoms with Gasteiger partial charge in [-0.15, -0.1) is 0 Å². The van der Waals surface area contributed by atoms with Gasteiger partial charge in [0.05, 0.1) is 11.3 Å². The predicted octanol–water partition coefficient (Wildman–Crippen LogP) is 1.87. The molecule has 1 aromatic rings. The number of para-hydroxylation sites is 1. The molecule has 5 nitrogen and oxygen atoms in total. The molecule has 0 radical (unpaired) electrons. The van der Waals surface area contributed by atoms with Crippen LogP contribution in [0.4, 0.5) is 18.9 Å². The Hall–Kier alpha value is -2.09. The van der Waals surface area contributed by atoms with E-state index in [1.807, 2.05) is 0 Å². The Bertz CT molecular complexity index is 566. The van der Waals surface area contributed by atoms with Crippen molar-refractivity contribution in [1.29, 1.82) is 0 Å². The molecule has 3 N–H and O–H groups in total.